The summed E-state index contributed by atoms with van der Waals surface area (Å²) < 4.78 is 1.28. The molecule has 0 spiro atoms. The Bertz CT molecular complexity index is 558. The van der Waals surface area contributed by atoms with E-state index < -0.39 is 0 Å². The van der Waals surface area contributed by atoms with Gasteiger partial charge in [0.2, 0.25) is 11.1 Å². The van der Waals surface area contributed by atoms with Crippen molar-refractivity contribution in [2.75, 3.05) is 0 Å². The van der Waals surface area contributed by atoms with Gasteiger partial charge in [0.05, 0.1) is 0 Å². The molecule has 0 aliphatic rings. The maximum atomic E-state index is 11.3. The Morgan fingerprint density at radius 2 is 2.38 bits per heavy atom. The number of rotatable bonds is 0. The maximum Gasteiger partial charge on any atom is 0.254 e. The molecule has 0 aromatic carbocycles. The number of fused-ring (bicyclic) bond motifs is 1. The molecule has 6 heteroatoms. The Balaban J connectivity index is 3.00. The minimum absolute atomic E-state index is 0.0794. The van der Waals surface area contributed by atoms with Crippen LogP contribution in [0.3, 0.4) is 0 Å². The second-order valence-electron chi connectivity index (χ2n) is 2.60. The fraction of sp³-hybridized carbons (Fsp3) is 0.143. The molecule has 0 aliphatic heterocycles. The average Bonchev–Trinajstić information content (AvgIpc) is 2.47. The van der Waals surface area contributed by atoms with E-state index in [-0.39, 0.29) is 16.9 Å². The number of hydrogen-bond acceptors (Lipinski definition) is 4. The van der Waals surface area contributed by atoms with E-state index in [1.54, 1.807) is 6.92 Å². The van der Waals surface area contributed by atoms with Crippen molar-refractivity contribution >= 4 is 5.65 Å². The third kappa shape index (κ3) is 0.980. The van der Waals surface area contributed by atoms with Gasteiger partial charge in [0, 0.05) is 11.8 Å². The molecule has 0 atom stereocenters. The van der Waals surface area contributed by atoms with Crippen LogP contribution in [0.1, 0.15) is 11.5 Å². The first-order valence-electron chi connectivity index (χ1n) is 3.57. The Morgan fingerprint density at radius 1 is 1.62 bits per heavy atom. The van der Waals surface area contributed by atoms with E-state index in [4.69, 9.17) is 5.26 Å². The number of aryl methyl sites for hydroxylation is 1. The van der Waals surface area contributed by atoms with Crippen LogP contribution in [0.2, 0.25) is 0 Å². The van der Waals surface area contributed by atoms with Gasteiger partial charge in [0.1, 0.15) is 6.07 Å². The van der Waals surface area contributed by atoms with Crippen LogP contribution in [-0.2, 0) is 0 Å². The van der Waals surface area contributed by atoms with E-state index in [2.05, 4.69) is 15.3 Å². The molecule has 0 amide bonds. The topological polar surface area (TPSA) is 86.8 Å². The Hall–Kier alpha value is -2.16. The number of aromatic amines is 1. The molecule has 13 heavy (non-hydrogen) atoms. The predicted octanol–water partition coefficient (Wildman–Crippen LogP) is -0.402. The third-order valence-electron chi connectivity index (χ3n) is 1.62. The lowest BCUT2D eigenvalue weighted by molar-refractivity contribution is 0.871. The summed E-state index contributed by atoms with van der Waals surface area (Å²) in [5, 5.41) is 18.5. The molecule has 1 N–H and O–H groups in total. The number of nitrogens with zero attached hydrogens (tertiary/aromatic N) is 4. The van der Waals surface area contributed by atoms with Crippen LogP contribution < -0.4 is 5.43 Å². The van der Waals surface area contributed by atoms with Gasteiger partial charge in [0.25, 0.3) is 5.82 Å². The summed E-state index contributed by atoms with van der Waals surface area (Å²) in [6.45, 7) is 1.72. The summed E-state index contributed by atoms with van der Waals surface area (Å²) in [4.78, 5) is 11.3. The highest BCUT2D eigenvalue weighted by Crippen LogP contribution is 1.95. The van der Waals surface area contributed by atoms with E-state index in [0.717, 1.165) is 0 Å². The van der Waals surface area contributed by atoms with Crippen LogP contribution in [-0.4, -0.2) is 19.8 Å². The fourth-order valence-electron chi connectivity index (χ4n) is 1.09. The van der Waals surface area contributed by atoms with E-state index in [1.807, 2.05) is 6.07 Å². The normalized spacial score (nSPS) is 10.2. The van der Waals surface area contributed by atoms with Gasteiger partial charge in [-0.1, -0.05) is 0 Å². The highest BCUT2D eigenvalue weighted by molar-refractivity contribution is 5.38. The number of nitriles is 1. The average molecular weight is 175 g/mol. The minimum atomic E-state index is -0.245. The first-order chi connectivity index (χ1) is 6.22. The van der Waals surface area contributed by atoms with Crippen molar-refractivity contribution in [3.05, 3.63) is 27.8 Å². The van der Waals surface area contributed by atoms with Gasteiger partial charge in [-0.25, -0.2) is 4.52 Å². The molecule has 2 aromatic heterocycles. The number of nitrogens with one attached hydrogen (secondary N) is 1. The lowest BCUT2D eigenvalue weighted by Crippen LogP contribution is -2.09. The third-order valence-corrected chi connectivity index (χ3v) is 1.62. The summed E-state index contributed by atoms with van der Waals surface area (Å²) in [5.74, 6) is 0.0794. The predicted molar refractivity (Wildman–Crippen MR) is 43.1 cm³/mol. The first kappa shape index (κ1) is 7.49. The number of hydrogen-bond donors (Lipinski definition) is 1. The van der Waals surface area contributed by atoms with Gasteiger partial charge >= 0.3 is 0 Å². The molecule has 0 unspecified atom stereocenters. The van der Waals surface area contributed by atoms with Gasteiger partial charge in [-0.3, -0.25) is 9.89 Å². The minimum Gasteiger partial charge on any atom is -0.294 e. The lowest BCUT2D eigenvalue weighted by atomic mass is 10.4. The number of aromatic nitrogens is 4. The zero-order valence-corrected chi connectivity index (χ0v) is 6.77. The monoisotopic (exact) mass is 175 g/mol. The summed E-state index contributed by atoms with van der Waals surface area (Å²) in [7, 11) is 0. The van der Waals surface area contributed by atoms with Crippen molar-refractivity contribution in [1.82, 2.24) is 19.8 Å². The van der Waals surface area contributed by atoms with Crippen molar-refractivity contribution in [1.29, 1.82) is 5.26 Å². The Labute approximate surface area is 72.4 Å². The largest absolute Gasteiger partial charge is 0.294 e. The van der Waals surface area contributed by atoms with Crippen molar-refractivity contribution in [2.24, 2.45) is 0 Å². The van der Waals surface area contributed by atoms with Crippen LogP contribution in [0.25, 0.3) is 5.65 Å². The number of H-pyrrole nitrogens is 1. The Kier molecular flexibility index (Phi) is 1.39. The SMILES string of the molecule is Cc1cc(=O)c2nnc(C#N)n2[nH]1. The molecule has 2 rings (SSSR count). The summed E-state index contributed by atoms with van der Waals surface area (Å²) in [6.07, 6.45) is 0. The molecular weight excluding hydrogens is 170 g/mol. The molecule has 0 radical (unpaired) electrons. The molecular formula is C7H5N5O. The zero-order chi connectivity index (χ0) is 9.42. The van der Waals surface area contributed by atoms with Gasteiger partial charge in [-0.05, 0) is 6.92 Å². The second-order valence-corrected chi connectivity index (χ2v) is 2.60. The summed E-state index contributed by atoms with van der Waals surface area (Å²) in [6, 6.07) is 3.23. The quantitative estimate of drug-likeness (QED) is 0.590. The van der Waals surface area contributed by atoms with Crippen LogP contribution >= 0.6 is 0 Å². The van der Waals surface area contributed by atoms with Crippen LogP contribution in [0.15, 0.2) is 10.9 Å². The summed E-state index contributed by atoms with van der Waals surface area (Å²) in [5.41, 5.74) is 0.557. The van der Waals surface area contributed by atoms with E-state index >= 15 is 0 Å². The highest BCUT2D eigenvalue weighted by atomic mass is 16.1. The molecule has 0 saturated heterocycles. The second kappa shape index (κ2) is 2.42. The van der Waals surface area contributed by atoms with E-state index in [0.29, 0.717) is 5.69 Å². The van der Waals surface area contributed by atoms with Gasteiger partial charge in [-0.15, -0.1) is 10.2 Å². The van der Waals surface area contributed by atoms with Gasteiger partial charge in [-0.2, -0.15) is 5.26 Å². The Morgan fingerprint density at radius 3 is 3.08 bits per heavy atom. The fourth-order valence-corrected chi connectivity index (χ4v) is 1.09. The van der Waals surface area contributed by atoms with Crippen LogP contribution in [0, 0.1) is 18.3 Å². The molecule has 64 valence electrons. The first-order valence-corrected chi connectivity index (χ1v) is 3.57. The van der Waals surface area contributed by atoms with Crippen molar-refractivity contribution in [3.63, 3.8) is 0 Å². The molecule has 0 aliphatic carbocycles. The maximum absolute atomic E-state index is 11.3. The molecule has 2 heterocycles. The van der Waals surface area contributed by atoms with Gasteiger partial charge < -0.3 is 0 Å². The van der Waals surface area contributed by atoms with E-state index in [9.17, 15) is 4.79 Å². The van der Waals surface area contributed by atoms with Gasteiger partial charge in [0.15, 0.2) is 0 Å². The molecule has 0 fully saturated rings. The molecule has 0 saturated carbocycles. The highest BCUT2D eigenvalue weighted by Gasteiger charge is 2.07. The van der Waals surface area contributed by atoms with Crippen molar-refractivity contribution in [2.45, 2.75) is 6.92 Å². The smallest absolute Gasteiger partial charge is 0.254 e. The zero-order valence-electron chi connectivity index (χ0n) is 6.77. The van der Waals surface area contributed by atoms with Crippen LogP contribution in [0.5, 0.6) is 0 Å². The molecule has 2 aromatic rings. The standard InChI is InChI=1S/C7H5N5O/c1-4-2-5(13)7-10-9-6(3-8)12(7)11-4/h2,11H,1H3. The van der Waals surface area contributed by atoms with E-state index in [1.165, 1.54) is 10.6 Å². The van der Waals surface area contributed by atoms with Crippen molar-refractivity contribution in [3.8, 4) is 6.07 Å². The molecule has 0 bridgehead atoms. The van der Waals surface area contributed by atoms with Crippen LogP contribution in [0.4, 0.5) is 0 Å². The lowest BCUT2D eigenvalue weighted by Gasteiger charge is -1.94. The molecule has 6 nitrogen and oxygen atoms in total. The summed E-state index contributed by atoms with van der Waals surface area (Å²) >= 11 is 0. The van der Waals surface area contributed by atoms with Crippen molar-refractivity contribution < 1.29 is 0 Å².